The molecule has 5 aromatic carbocycles. The molecule has 0 atom stereocenters. The van der Waals surface area contributed by atoms with E-state index in [0.717, 1.165) is 46.4 Å². The van der Waals surface area contributed by atoms with Gasteiger partial charge >= 0.3 is 11.9 Å². The molecule has 0 aliphatic heterocycles. The van der Waals surface area contributed by atoms with Crippen LogP contribution in [0.15, 0.2) is 103 Å². The van der Waals surface area contributed by atoms with Crippen molar-refractivity contribution in [3.05, 3.63) is 109 Å². The molecule has 0 bridgehead atoms. The number of benzene rings is 5. The third-order valence-corrected chi connectivity index (χ3v) is 6.43. The molecule has 6 heteroatoms. The average molecular weight is 535 g/mol. The molecule has 0 fully saturated rings. The summed E-state index contributed by atoms with van der Waals surface area (Å²) in [6, 6.07) is 31.5. The van der Waals surface area contributed by atoms with E-state index in [1.807, 2.05) is 42.5 Å². The standard InChI is InChI=1S/C34H30O6/c1-2-3-12-24-19-20-29-30(21-24)34(38-23-32(36)40-26-15-8-5-9-16-26)28-18-11-10-17-27(28)33(29)37-22-31(35)39-25-13-6-4-7-14-25/h4-11,13-21H,2-3,12,22-23H2,1H3. The Balaban J connectivity index is 1.48. The number of aryl methyl sites for hydroxylation is 1. The number of ether oxygens (including phenoxy) is 4. The fraction of sp³-hybridized carbons (Fsp3) is 0.176. The highest BCUT2D eigenvalue weighted by Crippen LogP contribution is 2.43. The molecule has 0 saturated heterocycles. The number of hydrogen-bond acceptors (Lipinski definition) is 6. The summed E-state index contributed by atoms with van der Waals surface area (Å²) in [6.45, 7) is 1.62. The lowest BCUT2D eigenvalue weighted by Crippen LogP contribution is -2.19. The van der Waals surface area contributed by atoms with Crippen molar-refractivity contribution in [2.24, 2.45) is 0 Å². The fourth-order valence-corrected chi connectivity index (χ4v) is 4.56. The van der Waals surface area contributed by atoms with Crippen LogP contribution in [-0.4, -0.2) is 25.2 Å². The maximum Gasteiger partial charge on any atom is 0.349 e. The average Bonchev–Trinajstić information content (AvgIpc) is 2.98. The van der Waals surface area contributed by atoms with Gasteiger partial charge in [0.05, 0.1) is 0 Å². The maximum atomic E-state index is 12.6. The van der Waals surface area contributed by atoms with Crippen LogP contribution in [0.5, 0.6) is 23.0 Å². The predicted molar refractivity (Wildman–Crippen MR) is 155 cm³/mol. The Hall–Kier alpha value is -4.84. The van der Waals surface area contributed by atoms with E-state index >= 15 is 0 Å². The molecule has 0 saturated carbocycles. The highest BCUT2D eigenvalue weighted by Gasteiger charge is 2.19. The van der Waals surface area contributed by atoms with Gasteiger partial charge in [-0.2, -0.15) is 0 Å². The van der Waals surface area contributed by atoms with E-state index in [-0.39, 0.29) is 13.2 Å². The van der Waals surface area contributed by atoms with E-state index < -0.39 is 11.9 Å². The van der Waals surface area contributed by atoms with Crippen molar-refractivity contribution in [2.75, 3.05) is 13.2 Å². The maximum absolute atomic E-state index is 12.6. The Kier molecular flexibility index (Phi) is 8.57. The molecule has 0 aliphatic rings. The lowest BCUT2D eigenvalue weighted by atomic mass is 9.97. The lowest BCUT2D eigenvalue weighted by molar-refractivity contribution is -0.137. The third-order valence-electron chi connectivity index (χ3n) is 6.43. The molecule has 0 radical (unpaired) electrons. The first-order valence-corrected chi connectivity index (χ1v) is 13.4. The number of fused-ring (bicyclic) bond motifs is 2. The Bertz CT molecular complexity index is 1610. The molecule has 0 unspecified atom stereocenters. The summed E-state index contributed by atoms with van der Waals surface area (Å²) in [7, 11) is 0. The fourth-order valence-electron chi connectivity index (χ4n) is 4.56. The number of carbonyl (C=O) groups excluding carboxylic acids is 2. The van der Waals surface area contributed by atoms with Crippen LogP contribution in [0.4, 0.5) is 0 Å². The summed E-state index contributed by atoms with van der Waals surface area (Å²) in [5.41, 5.74) is 1.15. The third kappa shape index (κ3) is 6.41. The van der Waals surface area contributed by atoms with Crippen LogP contribution >= 0.6 is 0 Å². The molecular formula is C34H30O6. The normalized spacial score (nSPS) is 10.8. The number of para-hydroxylation sites is 2. The Morgan fingerprint density at radius 2 is 1.05 bits per heavy atom. The van der Waals surface area contributed by atoms with Crippen molar-refractivity contribution in [1.29, 1.82) is 0 Å². The van der Waals surface area contributed by atoms with E-state index in [0.29, 0.717) is 23.0 Å². The SMILES string of the molecule is CCCCc1ccc2c(OCC(=O)Oc3ccccc3)c3ccccc3c(OCC(=O)Oc3ccccc3)c2c1. The molecule has 0 aliphatic carbocycles. The van der Waals surface area contributed by atoms with E-state index in [9.17, 15) is 9.59 Å². The Morgan fingerprint density at radius 1 is 0.575 bits per heavy atom. The first kappa shape index (κ1) is 26.8. The van der Waals surface area contributed by atoms with Gasteiger partial charge < -0.3 is 18.9 Å². The summed E-state index contributed by atoms with van der Waals surface area (Å²) in [4.78, 5) is 25.2. The zero-order valence-electron chi connectivity index (χ0n) is 22.3. The van der Waals surface area contributed by atoms with Crippen molar-refractivity contribution >= 4 is 33.5 Å². The minimum atomic E-state index is -0.507. The molecule has 5 aromatic rings. The van der Waals surface area contributed by atoms with Gasteiger partial charge in [-0.25, -0.2) is 9.59 Å². The summed E-state index contributed by atoms with van der Waals surface area (Å²) in [6.07, 6.45) is 3.03. The quantitative estimate of drug-likeness (QED) is 0.101. The number of rotatable bonds is 11. The van der Waals surface area contributed by atoms with Gasteiger partial charge in [-0.15, -0.1) is 0 Å². The van der Waals surface area contributed by atoms with Crippen LogP contribution in [-0.2, 0) is 16.0 Å². The molecule has 202 valence electrons. The van der Waals surface area contributed by atoms with Gasteiger partial charge in [0.15, 0.2) is 13.2 Å². The largest absolute Gasteiger partial charge is 0.481 e. The second-order valence-electron chi connectivity index (χ2n) is 9.34. The zero-order valence-corrected chi connectivity index (χ0v) is 22.3. The molecular weight excluding hydrogens is 504 g/mol. The van der Waals surface area contributed by atoms with Crippen LogP contribution in [0.2, 0.25) is 0 Å². The van der Waals surface area contributed by atoms with Gasteiger partial charge in [-0.3, -0.25) is 0 Å². The Labute approximate surface area is 233 Å². The summed E-state index contributed by atoms with van der Waals surface area (Å²) >= 11 is 0. The van der Waals surface area contributed by atoms with Gasteiger partial charge in [0.2, 0.25) is 0 Å². The van der Waals surface area contributed by atoms with Crippen molar-refractivity contribution in [1.82, 2.24) is 0 Å². The molecule has 0 N–H and O–H groups in total. The van der Waals surface area contributed by atoms with Crippen molar-refractivity contribution in [2.45, 2.75) is 26.2 Å². The number of unbranched alkanes of at least 4 members (excludes halogenated alkanes) is 1. The minimum Gasteiger partial charge on any atom is -0.481 e. The van der Waals surface area contributed by atoms with Gasteiger partial charge in [0, 0.05) is 21.5 Å². The van der Waals surface area contributed by atoms with Crippen molar-refractivity contribution < 1.29 is 28.5 Å². The van der Waals surface area contributed by atoms with Gasteiger partial charge in [0.25, 0.3) is 0 Å². The number of hydrogen-bond donors (Lipinski definition) is 0. The molecule has 0 heterocycles. The summed E-state index contributed by atoms with van der Waals surface area (Å²) < 4.78 is 23.1. The van der Waals surface area contributed by atoms with E-state index in [2.05, 4.69) is 19.1 Å². The van der Waals surface area contributed by atoms with Gasteiger partial charge in [0.1, 0.15) is 23.0 Å². The second-order valence-corrected chi connectivity index (χ2v) is 9.34. The molecule has 40 heavy (non-hydrogen) atoms. The van der Waals surface area contributed by atoms with Crippen LogP contribution in [0.25, 0.3) is 21.5 Å². The first-order chi connectivity index (χ1) is 19.6. The molecule has 0 aromatic heterocycles. The lowest BCUT2D eigenvalue weighted by Gasteiger charge is -2.18. The van der Waals surface area contributed by atoms with Crippen LogP contribution in [0, 0.1) is 0 Å². The zero-order chi connectivity index (χ0) is 27.7. The molecule has 0 spiro atoms. The summed E-state index contributed by atoms with van der Waals surface area (Å²) in [5, 5.41) is 3.10. The highest BCUT2D eigenvalue weighted by atomic mass is 16.6. The van der Waals surface area contributed by atoms with E-state index in [1.54, 1.807) is 48.5 Å². The highest BCUT2D eigenvalue weighted by molar-refractivity contribution is 6.11. The van der Waals surface area contributed by atoms with Crippen LogP contribution < -0.4 is 18.9 Å². The van der Waals surface area contributed by atoms with Gasteiger partial charge in [-0.05, 0) is 48.7 Å². The van der Waals surface area contributed by atoms with Crippen molar-refractivity contribution in [3.8, 4) is 23.0 Å². The monoisotopic (exact) mass is 534 g/mol. The van der Waals surface area contributed by atoms with E-state index in [4.69, 9.17) is 18.9 Å². The van der Waals surface area contributed by atoms with Gasteiger partial charge in [-0.1, -0.05) is 86.1 Å². The second kappa shape index (κ2) is 12.8. The number of esters is 2. The van der Waals surface area contributed by atoms with Crippen LogP contribution in [0.1, 0.15) is 25.3 Å². The minimum absolute atomic E-state index is 0.267. The predicted octanol–water partition coefficient (Wildman–Crippen LogP) is 7.30. The first-order valence-electron chi connectivity index (χ1n) is 13.4. The van der Waals surface area contributed by atoms with Crippen molar-refractivity contribution in [3.63, 3.8) is 0 Å². The molecule has 6 nitrogen and oxygen atoms in total. The summed E-state index contributed by atoms with van der Waals surface area (Å²) in [5.74, 6) is 1.02. The number of carbonyl (C=O) groups is 2. The van der Waals surface area contributed by atoms with E-state index in [1.165, 1.54) is 0 Å². The Morgan fingerprint density at radius 3 is 1.57 bits per heavy atom. The topological polar surface area (TPSA) is 71.1 Å². The van der Waals surface area contributed by atoms with Crippen LogP contribution in [0.3, 0.4) is 0 Å². The molecule has 5 rings (SSSR count). The smallest absolute Gasteiger partial charge is 0.349 e. The molecule has 0 amide bonds.